The largest absolute Gasteiger partial charge is 0.481 e. The van der Waals surface area contributed by atoms with Crippen LogP contribution in [0.1, 0.15) is 110 Å². The van der Waals surface area contributed by atoms with Crippen molar-refractivity contribution in [2.24, 2.45) is 5.73 Å². The second kappa shape index (κ2) is 15.6. The molecular weight excluding hydrogens is 346 g/mol. The molecule has 6 nitrogen and oxygen atoms in total. The van der Waals surface area contributed by atoms with Gasteiger partial charge in [-0.25, -0.2) is 4.79 Å². The van der Waals surface area contributed by atoms with Gasteiger partial charge >= 0.3 is 11.9 Å². The van der Waals surface area contributed by atoms with Crippen molar-refractivity contribution in [3.05, 3.63) is 0 Å². The van der Waals surface area contributed by atoms with E-state index < -0.39 is 29.7 Å². The number of nitrogens with two attached hydrogens (primary N) is 1. The molecule has 4 N–H and O–H groups in total. The van der Waals surface area contributed by atoms with Crippen LogP contribution in [0.2, 0.25) is 0 Å². The van der Waals surface area contributed by atoms with Crippen LogP contribution in [0.4, 0.5) is 0 Å². The lowest BCUT2D eigenvalue weighted by Crippen LogP contribution is -2.55. The Hall–Kier alpha value is -1.43. The molecule has 0 aromatic rings. The average Bonchev–Trinajstić information content (AvgIpc) is 2.63. The molecular formula is C21H39NO5. The minimum atomic E-state index is -2.07. The van der Waals surface area contributed by atoms with Gasteiger partial charge in [0.05, 0.1) is 0 Å². The molecule has 0 aliphatic heterocycles. The molecule has 158 valence electrons. The SMILES string of the molecule is CCCCCCCCCCCCCCCC(=O)[C@](N)(CCC(=O)O)C(=O)O. The van der Waals surface area contributed by atoms with E-state index in [1.165, 1.54) is 57.8 Å². The van der Waals surface area contributed by atoms with E-state index in [0.717, 1.165) is 19.3 Å². The Kier molecular flexibility index (Phi) is 14.8. The molecule has 0 rings (SSSR count). The summed E-state index contributed by atoms with van der Waals surface area (Å²) >= 11 is 0. The molecule has 1 atom stereocenters. The number of hydrogen-bond donors (Lipinski definition) is 3. The highest BCUT2D eigenvalue weighted by atomic mass is 16.4. The van der Waals surface area contributed by atoms with Crippen molar-refractivity contribution in [2.45, 2.75) is 115 Å². The highest BCUT2D eigenvalue weighted by Crippen LogP contribution is 2.17. The average molecular weight is 386 g/mol. The van der Waals surface area contributed by atoms with E-state index in [2.05, 4.69) is 6.92 Å². The number of aliphatic carboxylic acids is 2. The minimum Gasteiger partial charge on any atom is -0.481 e. The van der Waals surface area contributed by atoms with Gasteiger partial charge in [-0.15, -0.1) is 0 Å². The molecule has 0 bridgehead atoms. The Morgan fingerprint density at radius 1 is 0.704 bits per heavy atom. The van der Waals surface area contributed by atoms with Gasteiger partial charge in [0.2, 0.25) is 0 Å². The number of carbonyl (C=O) groups is 3. The lowest BCUT2D eigenvalue weighted by molar-refractivity contribution is -0.149. The van der Waals surface area contributed by atoms with Crippen LogP contribution in [0.25, 0.3) is 0 Å². The minimum absolute atomic E-state index is 0.0974. The van der Waals surface area contributed by atoms with Gasteiger partial charge in [0.15, 0.2) is 11.3 Å². The molecule has 0 aromatic heterocycles. The zero-order chi connectivity index (χ0) is 20.5. The van der Waals surface area contributed by atoms with Crippen molar-refractivity contribution in [1.29, 1.82) is 0 Å². The summed E-state index contributed by atoms with van der Waals surface area (Å²) in [6, 6.07) is 0. The molecule has 27 heavy (non-hydrogen) atoms. The molecule has 0 radical (unpaired) electrons. The number of unbranched alkanes of at least 4 members (excludes halogenated alkanes) is 12. The number of hydrogen-bond acceptors (Lipinski definition) is 4. The fourth-order valence-electron chi connectivity index (χ4n) is 3.20. The Labute approximate surface area is 163 Å². The van der Waals surface area contributed by atoms with Crippen LogP contribution in [-0.2, 0) is 14.4 Å². The number of rotatable bonds is 19. The number of carboxylic acids is 2. The van der Waals surface area contributed by atoms with E-state index >= 15 is 0 Å². The van der Waals surface area contributed by atoms with Crippen molar-refractivity contribution in [3.8, 4) is 0 Å². The highest BCUT2D eigenvalue weighted by molar-refractivity contribution is 6.07. The first-order valence-corrected chi connectivity index (χ1v) is 10.6. The van der Waals surface area contributed by atoms with Gasteiger partial charge in [-0.05, 0) is 12.8 Å². The molecule has 0 unspecified atom stereocenters. The quantitative estimate of drug-likeness (QED) is 0.219. The van der Waals surface area contributed by atoms with E-state index in [4.69, 9.17) is 10.8 Å². The highest BCUT2D eigenvalue weighted by Gasteiger charge is 2.41. The van der Waals surface area contributed by atoms with Gasteiger partial charge < -0.3 is 15.9 Å². The van der Waals surface area contributed by atoms with Crippen molar-refractivity contribution < 1.29 is 24.6 Å². The maximum Gasteiger partial charge on any atom is 0.331 e. The van der Waals surface area contributed by atoms with Gasteiger partial charge in [-0.2, -0.15) is 0 Å². The third-order valence-corrected chi connectivity index (χ3v) is 5.12. The summed E-state index contributed by atoms with van der Waals surface area (Å²) in [5, 5.41) is 17.9. The van der Waals surface area contributed by atoms with E-state index in [1.54, 1.807) is 0 Å². The molecule has 0 amide bonds. The summed E-state index contributed by atoms with van der Waals surface area (Å²) < 4.78 is 0. The zero-order valence-electron chi connectivity index (χ0n) is 17.0. The van der Waals surface area contributed by atoms with Crippen molar-refractivity contribution in [1.82, 2.24) is 0 Å². The second-order valence-electron chi connectivity index (χ2n) is 7.59. The first kappa shape index (κ1) is 25.6. The molecule has 0 spiro atoms. The van der Waals surface area contributed by atoms with E-state index in [9.17, 15) is 19.5 Å². The van der Waals surface area contributed by atoms with Crippen LogP contribution in [-0.4, -0.2) is 33.5 Å². The predicted molar refractivity (Wildman–Crippen MR) is 107 cm³/mol. The van der Waals surface area contributed by atoms with Crippen LogP contribution >= 0.6 is 0 Å². The van der Waals surface area contributed by atoms with Crippen LogP contribution in [0.5, 0.6) is 0 Å². The normalized spacial score (nSPS) is 13.3. The summed E-state index contributed by atoms with van der Waals surface area (Å²) in [5.41, 5.74) is 3.59. The van der Waals surface area contributed by atoms with Crippen LogP contribution in [0.3, 0.4) is 0 Å². The lowest BCUT2D eigenvalue weighted by Gasteiger charge is -2.22. The standard InChI is InChI=1S/C21H39NO5/c1-2-3-4-5-6-7-8-9-10-11-12-13-14-15-18(23)21(22,20(26)27)17-16-19(24)25/h2-17,22H2,1H3,(H,24,25)(H,26,27)/t21-/m1/s1. The first-order valence-electron chi connectivity index (χ1n) is 10.6. The van der Waals surface area contributed by atoms with Crippen molar-refractivity contribution >= 4 is 17.7 Å². The van der Waals surface area contributed by atoms with Crippen LogP contribution in [0.15, 0.2) is 0 Å². The van der Waals surface area contributed by atoms with Gasteiger partial charge in [0.25, 0.3) is 0 Å². The third kappa shape index (κ3) is 12.6. The monoisotopic (exact) mass is 385 g/mol. The summed E-state index contributed by atoms with van der Waals surface area (Å²) in [5.74, 6) is -3.16. The number of Topliss-reactive ketones (excluding diaryl/α,β-unsaturated/α-hetero) is 1. The summed E-state index contributed by atoms with van der Waals surface area (Å²) in [4.78, 5) is 34.0. The Bertz CT molecular complexity index is 438. The molecule has 0 aromatic carbocycles. The van der Waals surface area contributed by atoms with Gasteiger partial charge in [-0.3, -0.25) is 9.59 Å². The lowest BCUT2D eigenvalue weighted by atomic mass is 9.87. The first-order chi connectivity index (χ1) is 12.8. The smallest absolute Gasteiger partial charge is 0.331 e. The topological polar surface area (TPSA) is 118 Å². The fourth-order valence-corrected chi connectivity index (χ4v) is 3.20. The molecule has 0 aliphatic rings. The number of carboxylic acid groups (broad SMARTS) is 2. The Morgan fingerprint density at radius 2 is 1.11 bits per heavy atom. The zero-order valence-corrected chi connectivity index (χ0v) is 17.0. The van der Waals surface area contributed by atoms with Crippen LogP contribution in [0, 0.1) is 0 Å². The number of ketones is 1. The van der Waals surface area contributed by atoms with Crippen molar-refractivity contribution in [3.63, 3.8) is 0 Å². The predicted octanol–water partition coefficient (Wildman–Crippen LogP) is 4.68. The third-order valence-electron chi connectivity index (χ3n) is 5.12. The van der Waals surface area contributed by atoms with Gasteiger partial charge in [0, 0.05) is 12.8 Å². The van der Waals surface area contributed by atoms with E-state index in [-0.39, 0.29) is 12.8 Å². The molecule has 0 saturated heterocycles. The summed E-state index contributed by atoms with van der Waals surface area (Å²) in [6.07, 6.45) is 14.7. The van der Waals surface area contributed by atoms with Gasteiger partial charge in [-0.1, -0.05) is 84.0 Å². The maximum absolute atomic E-state index is 12.1. The van der Waals surface area contributed by atoms with Gasteiger partial charge in [0.1, 0.15) is 0 Å². The molecule has 0 fully saturated rings. The Balaban J connectivity index is 3.71. The number of carbonyl (C=O) groups excluding carboxylic acids is 1. The summed E-state index contributed by atoms with van der Waals surface area (Å²) in [7, 11) is 0. The molecule has 0 heterocycles. The maximum atomic E-state index is 12.1. The van der Waals surface area contributed by atoms with E-state index in [0.29, 0.717) is 6.42 Å². The van der Waals surface area contributed by atoms with E-state index in [1.807, 2.05) is 0 Å². The van der Waals surface area contributed by atoms with Crippen molar-refractivity contribution in [2.75, 3.05) is 0 Å². The van der Waals surface area contributed by atoms with Crippen LogP contribution < -0.4 is 5.73 Å². The molecule has 0 aliphatic carbocycles. The second-order valence-corrected chi connectivity index (χ2v) is 7.59. The molecule has 6 heteroatoms. The Morgan fingerprint density at radius 3 is 1.48 bits per heavy atom. The fraction of sp³-hybridized carbons (Fsp3) is 0.857. The molecule has 0 saturated carbocycles. The summed E-state index contributed by atoms with van der Waals surface area (Å²) in [6.45, 7) is 2.23.